The lowest BCUT2D eigenvalue weighted by Crippen LogP contribution is -2.46. The van der Waals surface area contributed by atoms with Gasteiger partial charge in [-0.05, 0) is 18.9 Å². The molecule has 0 radical (unpaired) electrons. The van der Waals surface area contributed by atoms with Gasteiger partial charge in [-0.15, -0.1) is 0 Å². The van der Waals surface area contributed by atoms with Gasteiger partial charge in [-0.1, -0.05) is 30.3 Å². The summed E-state index contributed by atoms with van der Waals surface area (Å²) in [6.45, 7) is 7.71. The number of carbonyl (C=O) groups is 1. The zero-order chi connectivity index (χ0) is 19.8. The van der Waals surface area contributed by atoms with Crippen molar-refractivity contribution in [3.8, 4) is 0 Å². The second kappa shape index (κ2) is 10.1. The molecule has 0 spiro atoms. The van der Waals surface area contributed by atoms with Gasteiger partial charge >= 0.3 is 0 Å². The van der Waals surface area contributed by atoms with Crippen molar-refractivity contribution in [3.05, 3.63) is 53.5 Å². The fraction of sp³-hybridized carbons (Fsp3) is 0.476. The van der Waals surface area contributed by atoms with Crippen LogP contribution in [-0.2, 0) is 11.3 Å². The van der Waals surface area contributed by atoms with Crippen LogP contribution in [0.1, 0.15) is 28.3 Å². The van der Waals surface area contributed by atoms with E-state index in [2.05, 4.69) is 49.4 Å². The lowest BCUT2D eigenvalue weighted by Gasteiger charge is -2.35. The minimum atomic E-state index is -0.162. The maximum absolute atomic E-state index is 12.4. The Morgan fingerprint density at radius 1 is 1.14 bits per heavy atom. The number of piperazine rings is 1. The molecule has 0 unspecified atom stereocenters. The highest BCUT2D eigenvalue weighted by Crippen LogP contribution is 2.16. The minimum Gasteiger partial charge on any atom is -0.385 e. The molecule has 1 N–H and O–H groups in total. The van der Waals surface area contributed by atoms with Crippen LogP contribution >= 0.6 is 0 Å². The fourth-order valence-corrected chi connectivity index (χ4v) is 3.32. The standard InChI is InChI=1S/C21H29N5O2/c1-17-23-19(21(27)22-9-6-14-28-2)15-20(24-17)26-12-10-25(11-13-26)16-18-7-4-3-5-8-18/h3-5,7-8,15H,6,9-14,16H2,1-2H3,(H,22,27). The SMILES string of the molecule is COCCCNC(=O)c1cc(N2CCN(Cc3ccccc3)CC2)nc(C)n1. The first-order valence-corrected chi connectivity index (χ1v) is 9.80. The summed E-state index contributed by atoms with van der Waals surface area (Å²) in [5, 5.41) is 2.89. The molecule has 1 aliphatic heterocycles. The lowest BCUT2D eigenvalue weighted by molar-refractivity contribution is 0.0943. The molecular formula is C21H29N5O2. The number of carbonyl (C=O) groups excluding carboxylic acids is 1. The zero-order valence-corrected chi connectivity index (χ0v) is 16.7. The molecule has 3 rings (SSSR count). The third-order valence-corrected chi connectivity index (χ3v) is 4.81. The van der Waals surface area contributed by atoms with Crippen LogP contribution in [0, 0.1) is 6.92 Å². The molecular weight excluding hydrogens is 354 g/mol. The summed E-state index contributed by atoms with van der Waals surface area (Å²) in [4.78, 5) is 25.9. The molecule has 1 aromatic heterocycles. The number of aryl methyl sites for hydroxylation is 1. The number of amides is 1. The van der Waals surface area contributed by atoms with E-state index in [0.717, 1.165) is 45.0 Å². The van der Waals surface area contributed by atoms with E-state index in [1.807, 2.05) is 13.0 Å². The zero-order valence-electron chi connectivity index (χ0n) is 16.7. The van der Waals surface area contributed by atoms with Crippen LogP contribution in [0.15, 0.2) is 36.4 Å². The molecule has 1 fully saturated rings. The first-order chi connectivity index (χ1) is 13.7. The van der Waals surface area contributed by atoms with Crippen LogP contribution in [0.3, 0.4) is 0 Å². The monoisotopic (exact) mass is 383 g/mol. The van der Waals surface area contributed by atoms with Crippen molar-refractivity contribution in [1.82, 2.24) is 20.2 Å². The first-order valence-electron chi connectivity index (χ1n) is 9.80. The molecule has 150 valence electrons. The molecule has 0 aliphatic carbocycles. The van der Waals surface area contributed by atoms with Crippen molar-refractivity contribution in [1.29, 1.82) is 0 Å². The summed E-state index contributed by atoms with van der Waals surface area (Å²) in [7, 11) is 1.65. The number of hydrogen-bond donors (Lipinski definition) is 1. The Balaban J connectivity index is 1.57. The van der Waals surface area contributed by atoms with E-state index in [4.69, 9.17) is 4.74 Å². The predicted octanol–water partition coefficient (Wildman–Crippen LogP) is 1.87. The van der Waals surface area contributed by atoms with E-state index in [-0.39, 0.29) is 5.91 Å². The van der Waals surface area contributed by atoms with E-state index in [9.17, 15) is 4.79 Å². The van der Waals surface area contributed by atoms with Crippen LogP contribution < -0.4 is 10.2 Å². The average Bonchev–Trinajstić information content (AvgIpc) is 2.72. The highest BCUT2D eigenvalue weighted by molar-refractivity contribution is 5.92. The van der Waals surface area contributed by atoms with Crippen molar-refractivity contribution in [2.24, 2.45) is 0 Å². The third kappa shape index (κ3) is 5.74. The Hall–Kier alpha value is -2.51. The Labute approximate surface area is 166 Å². The van der Waals surface area contributed by atoms with Gasteiger partial charge in [-0.3, -0.25) is 9.69 Å². The van der Waals surface area contributed by atoms with Crippen molar-refractivity contribution < 1.29 is 9.53 Å². The van der Waals surface area contributed by atoms with E-state index < -0.39 is 0 Å². The number of rotatable bonds is 8. The van der Waals surface area contributed by atoms with Crippen molar-refractivity contribution in [2.75, 3.05) is 51.3 Å². The number of nitrogens with zero attached hydrogens (tertiary/aromatic N) is 4. The number of anilines is 1. The quantitative estimate of drug-likeness (QED) is 0.702. The maximum Gasteiger partial charge on any atom is 0.270 e. The summed E-state index contributed by atoms with van der Waals surface area (Å²) in [5.74, 6) is 1.28. The van der Waals surface area contributed by atoms with Crippen LogP contribution in [0.25, 0.3) is 0 Å². The number of ether oxygens (including phenoxy) is 1. The van der Waals surface area contributed by atoms with Gasteiger partial charge in [-0.25, -0.2) is 9.97 Å². The second-order valence-corrected chi connectivity index (χ2v) is 7.01. The number of aromatic nitrogens is 2. The topological polar surface area (TPSA) is 70.6 Å². The smallest absolute Gasteiger partial charge is 0.270 e. The summed E-state index contributed by atoms with van der Waals surface area (Å²) >= 11 is 0. The Kier molecular flexibility index (Phi) is 7.33. The van der Waals surface area contributed by atoms with Gasteiger partial charge in [0.25, 0.3) is 5.91 Å². The molecule has 1 amide bonds. The minimum absolute atomic E-state index is 0.162. The van der Waals surface area contributed by atoms with Gasteiger partial charge in [0.2, 0.25) is 0 Å². The van der Waals surface area contributed by atoms with Crippen LogP contribution in [0.5, 0.6) is 0 Å². The number of benzene rings is 1. The van der Waals surface area contributed by atoms with Crippen LogP contribution in [0.2, 0.25) is 0 Å². The highest BCUT2D eigenvalue weighted by Gasteiger charge is 2.20. The third-order valence-electron chi connectivity index (χ3n) is 4.81. The highest BCUT2D eigenvalue weighted by atomic mass is 16.5. The fourth-order valence-electron chi connectivity index (χ4n) is 3.32. The second-order valence-electron chi connectivity index (χ2n) is 7.01. The molecule has 2 aromatic rings. The average molecular weight is 383 g/mol. The maximum atomic E-state index is 12.4. The van der Waals surface area contributed by atoms with Gasteiger partial charge in [0.05, 0.1) is 0 Å². The van der Waals surface area contributed by atoms with Gasteiger partial charge in [0.15, 0.2) is 0 Å². The normalized spacial score (nSPS) is 14.9. The molecule has 0 atom stereocenters. The summed E-state index contributed by atoms with van der Waals surface area (Å²) in [6, 6.07) is 12.3. The van der Waals surface area contributed by atoms with E-state index >= 15 is 0 Å². The lowest BCUT2D eigenvalue weighted by atomic mass is 10.2. The molecule has 0 saturated carbocycles. The van der Waals surface area contributed by atoms with E-state index in [1.54, 1.807) is 13.2 Å². The Morgan fingerprint density at radius 2 is 1.89 bits per heavy atom. The van der Waals surface area contributed by atoms with Gasteiger partial charge in [-0.2, -0.15) is 0 Å². The molecule has 1 aliphatic rings. The predicted molar refractivity (Wildman–Crippen MR) is 110 cm³/mol. The molecule has 0 bridgehead atoms. The molecule has 7 nitrogen and oxygen atoms in total. The van der Waals surface area contributed by atoms with Crippen molar-refractivity contribution in [3.63, 3.8) is 0 Å². The van der Waals surface area contributed by atoms with Crippen molar-refractivity contribution in [2.45, 2.75) is 19.9 Å². The number of hydrogen-bond acceptors (Lipinski definition) is 6. The van der Waals surface area contributed by atoms with E-state index in [0.29, 0.717) is 24.7 Å². The summed E-state index contributed by atoms with van der Waals surface area (Å²) < 4.78 is 5.01. The summed E-state index contributed by atoms with van der Waals surface area (Å²) in [6.07, 6.45) is 0.780. The van der Waals surface area contributed by atoms with Gasteiger partial charge in [0, 0.05) is 59.1 Å². The van der Waals surface area contributed by atoms with Crippen molar-refractivity contribution >= 4 is 11.7 Å². The molecule has 7 heteroatoms. The largest absolute Gasteiger partial charge is 0.385 e. The molecule has 1 saturated heterocycles. The first kappa shape index (κ1) is 20.2. The van der Waals surface area contributed by atoms with E-state index in [1.165, 1.54) is 5.56 Å². The molecule has 1 aromatic carbocycles. The molecule has 28 heavy (non-hydrogen) atoms. The number of methoxy groups -OCH3 is 1. The van der Waals surface area contributed by atoms with Crippen LogP contribution in [0.4, 0.5) is 5.82 Å². The molecule has 2 heterocycles. The van der Waals surface area contributed by atoms with Gasteiger partial charge < -0.3 is 15.0 Å². The Bertz CT molecular complexity index is 761. The number of nitrogens with one attached hydrogen (secondary N) is 1. The van der Waals surface area contributed by atoms with Crippen LogP contribution in [-0.4, -0.2) is 67.2 Å². The summed E-state index contributed by atoms with van der Waals surface area (Å²) in [5.41, 5.74) is 1.76. The van der Waals surface area contributed by atoms with Gasteiger partial charge in [0.1, 0.15) is 17.3 Å². The Morgan fingerprint density at radius 3 is 2.61 bits per heavy atom.